The summed E-state index contributed by atoms with van der Waals surface area (Å²) in [6.45, 7) is 3.05. The molecule has 4 heteroatoms. The lowest BCUT2D eigenvalue weighted by molar-refractivity contribution is 0.184. The van der Waals surface area contributed by atoms with Crippen molar-refractivity contribution in [1.29, 1.82) is 0 Å². The Labute approximate surface area is 68.2 Å². The van der Waals surface area contributed by atoms with E-state index in [0.717, 1.165) is 19.6 Å². The molecule has 0 saturated heterocycles. The van der Waals surface area contributed by atoms with Gasteiger partial charge in [-0.2, -0.15) is 5.43 Å². The number of ether oxygens (including phenoxy) is 2. The summed E-state index contributed by atoms with van der Waals surface area (Å²) in [5, 5.41) is 0. The number of nitrogens with one attached hydrogen (secondary N) is 1. The highest BCUT2D eigenvalue weighted by Crippen LogP contribution is 1.75. The van der Waals surface area contributed by atoms with E-state index in [-0.39, 0.29) is 0 Å². The van der Waals surface area contributed by atoms with Gasteiger partial charge in [-0.25, -0.2) is 5.43 Å². The topological polar surface area (TPSA) is 44.6 Å². The van der Waals surface area contributed by atoms with Gasteiger partial charge < -0.3 is 9.47 Å². The number of nitrogens with zero attached hydrogens (tertiary/aromatic N) is 1. The van der Waals surface area contributed by atoms with Crippen LogP contribution < -0.4 is 10.9 Å². The molecule has 0 aliphatic carbocycles. The van der Waals surface area contributed by atoms with Gasteiger partial charge in [0.25, 0.3) is 0 Å². The fraction of sp³-hybridized carbons (Fsp3) is 1.00. The number of methoxy groups -OCH3 is 2. The first-order valence-electron chi connectivity index (χ1n) is 3.79. The lowest BCUT2D eigenvalue weighted by atomic mass is 10.5. The van der Waals surface area contributed by atoms with E-state index < -0.39 is 0 Å². The van der Waals surface area contributed by atoms with Crippen LogP contribution in [0.15, 0.2) is 0 Å². The van der Waals surface area contributed by atoms with E-state index in [4.69, 9.17) is 9.47 Å². The maximum absolute atomic E-state index is 4.86. The predicted molar refractivity (Wildman–Crippen MR) is 43.4 cm³/mol. The quantitative estimate of drug-likeness (QED) is 0.395. The number of rotatable bonds is 8. The van der Waals surface area contributed by atoms with Crippen molar-refractivity contribution >= 4 is 0 Å². The second-order valence-corrected chi connectivity index (χ2v) is 2.13. The van der Waals surface area contributed by atoms with Crippen LogP contribution in [0, 0.1) is 0 Å². The van der Waals surface area contributed by atoms with Crippen molar-refractivity contribution in [2.24, 2.45) is 0 Å². The van der Waals surface area contributed by atoms with Crippen LogP contribution in [-0.4, -0.2) is 40.5 Å². The van der Waals surface area contributed by atoms with E-state index in [0.29, 0.717) is 13.2 Å². The maximum Gasteiger partial charge on any atom is 0.0619 e. The zero-order valence-corrected chi connectivity index (χ0v) is 7.30. The number of hydrogen-bond acceptors (Lipinski definition) is 3. The smallest absolute Gasteiger partial charge is 0.0619 e. The SMILES string of the molecule is COCCCN[N]CCOC. The van der Waals surface area contributed by atoms with Gasteiger partial charge in [-0.15, -0.1) is 0 Å². The summed E-state index contributed by atoms with van der Waals surface area (Å²) in [7, 11) is 3.36. The molecule has 0 bridgehead atoms. The van der Waals surface area contributed by atoms with Crippen molar-refractivity contribution < 1.29 is 9.47 Å². The van der Waals surface area contributed by atoms with Gasteiger partial charge in [0.1, 0.15) is 0 Å². The van der Waals surface area contributed by atoms with Crippen molar-refractivity contribution in [2.45, 2.75) is 6.42 Å². The van der Waals surface area contributed by atoms with Crippen LogP contribution >= 0.6 is 0 Å². The minimum absolute atomic E-state index is 0.678. The van der Waals surface area contributed by atoms with Crippen molar-refractivity contribution in [3.8, 4) is 0 Å². The first kappa shape index (κ1) is 10.8. The van der Waals surface area contributed by atoms with E-state index in [1.165, 1.54) is 0 Å². The highest BCUT2D eigenvalue weighted by molar-refractivity contribution is 4.41. The molecule has 0 amide bonds. The van der Waals surface area contributed by atoms with Gasteiger partial charge in [0.2, 0.25) is 0 Å². The summed E-state index contributed by atoms with van der Waals surface area (Å²) in [6.07, 6.45) is 0.993. The van der Waals surface area contributed by atoms with Gasteiger partial charge >= 0.3 is 0 Å². The van der Waals surface area contributed by atoms with Crippen molar-refractivity contribution in [1.82, 2.24) is 10.9 Å². The Morgan fingerprint density at radius 3 is 2.55 bits per heavy atom. The summed E-state index contributed by atoms with van der Waals surface area (Å²) in [6, 6.07) is 0. The van der Waals surface area contributed by atoms with Crippen LogP contribution in [-0.2, 0) is 9.47 Å². The molecule has 1 radical (unpaired) electrons. The van der Waals surface area contributed by atoms with Crippen molar-refractivity contribution in [3.05, 3.63) is 0 Å². The van der Waals surface area contributed by atoms with E-state index >= 15 is 0 Å². The molecule has 0 atom stereocenters. The first-order valence-corrected chi connectivity index (χ1v) is 3.79. The Morgan fingerprint density at radius 2 is 1.91 bits per heavy atom. The second-order valence-electron chi connectivity index (χ2n) is 2.13. The van der Waals surface area contributed by atoms with Crippen LogP contribution in [0.1, 0.15) is 6.42 Å². The molecule has 67 valence electrons. The van der Waals surface area contributed by atoms with Gasteiger partial charge in [0, 0.05) is 27.4 Å². The molecular formula is C7H17N2O2. The lowest BCUT2D eigenvalue weighted by Crippen LogP contribution is -2.28. The largest absolute Gasteiger partial charge is 0.385 e. The van der Waals surface area contributed by atoms with Crippen LogP contribution in [0.3, 0.4) is 0 Å². The van der Waals surface area contributed by atoms with Crippen LogP contribution in [0.2, 0.25) is 0 Å². The molecule has 0 aliphatic heterocycles. The third-order valence-electron chi connectivity index (χ3n) is 1.16. The van der Waals surface area contributed by atoms with Crippen molar-refractivity contribution in [2.75, 3.05) is 40.5 Å². The molecule has 0 spiro atoms. The Morgan fingerprint density at radius 1 is 1.18 bits per heavy atom. The average molecular weight is 161 g/mol. The molecule has 1 N–H and O–H groups in total. The van der Waals surface area contributed by atoms with E-state index in [1.807, 2.05) is 0 Å². The Bertz CT molecular complexity index is 63.5. The minimum atomic E-state index is 0.678. The molecule has 11 heavy (non-hydrogen) atoms. The molecular weight excluding hydrogens is 144 g/mol. The zero-order valence-electron chi connectivity index (χ0n) is 7.30. The Balaban J connectivity index is 2.69. The molecule has 0 aromatic rings. The lowest BCUT2D eigenvalue weighted by Gasteiger charge is -2.02. The van der Waals surface area contributed by atoms with Gasteiger partial charge in [0.05, 0.1) is 13.2 Å². The average Bonchev–Trinajstić information content (AvgIpc) is 2.03. The molecule has 0 unspecified atom stereocenters. The Hall–Kier alpha value is -0.160. The monoisotopic (exact) mass is 161 g/mol. The maximum atomic E-state index is 4.86. The second kappa shape index (κ2) is 9.84. The van der Waals surface area contributed by atoms with Gasteiger partial charge in [-0.3, -0.25) is 0 Å². The third kappa shape index (κ3) is 9.84. The molecule has 0 aromatic carbocycles. The molecule has 4 nitrogen and oxygen atoms in total. The van der Waals surface area contributed by atoms with Gasteiger partial charge in [-0.05, 0) is 6.42 Å². The fourth-order valence-corrected chi connectivity index (χ4v) is 0.591. The molecule has 0 fully saturated rings. The van der Waals surface area contributed by atoms with Crippen LogP contribution in [0.5, 0.6) is 0 Å². The summed E-state index contributed by atoms with van der Waals surface area (Å²) in [5.74, 6) is 0. The van der Waals surface area contributed by atoms with Gasteiger partial charge in [0.15, 0.2) is 0 Å². The minimum Gasteiger partial charge on any atom is -0.385 e. The van der Waals surface area contributed by atoms with Crippen molar-refractivity contribution in [3.63, 3.8) is 0 Å². The highest BCUT2D eigenvalue weighted by Gasteiger charge is 1.87. The van der Waals surface area contributed by atoms with E-state index in [2.05, 4.69) is 10.9 Å². The highest BCUT2D eigenvalue weighted by atomic mass is 16.5. The van der Waals surface area contributed by atoms with Crippen LogP contribution in [0.25, 0.3) is 0 Å². The summed E-state index contributed by atoms with van der Waals surface area (Å²) in [4.78, 5) is 0. The standard InChI is InChI=1S/C7H17N2O2/c1-10-6-3-4-8-9-5-7-11-2/h8H,3-7H2,1-2H3. The molecule has 0 aliphatic rings. The van der Waals surface area contributed by atoms with E-state index in [1.54, 1.807) is 14.2 Å². The zero-order chi connectivity index (χ0) is 8.36. The fourth-order valence-electron chi connectivity index (χ4n) is 0.591. The Kier molecular flexibility index (Phi) is 9.70. The normalized spacial score (nSPS) is 10.4. The number of hydrogen-bond donors (Lipinski definition) is 1. The van der Waals surface area contributed by atoms with Crippen LogP contribution in [0.4, 0.5) is 0 Å². The molecule has 0 rings (SSSR count). The first-order chi connectivity index (χ1) is 5.41. The third-order valence-corrected chi connectivity index (χ3v) is 1.16. The summed E-state index contributed by atoms with van der Waals surface area (Å²) < 4.78 is 9.67. The predicted octanol–water partition coefficient (Wildman–Crippen LogP) is -0.222. The summed E-state index contributed by atoms with van der Waals surface area (Å²) in [5.41, 5.74) is 6.92. The molecule has 0 saturated carbocycles. The molecule has 0 heterocycles. The molecule has 0 aromatic heterocycles. The summed E-state index contributed by atoms with van der Waals surface area (Å²) >= 11 is 0. The van der Waals surface area contributed by atoms with E-state index in [9.17, 15) is 0 Å². The van der Waals surface area contributed by atoms with Gasteiger partial charge in [-0.1, -0.05) is 0 Å².